The van der Waals surface area contributed by atoms with E-state index in [4.69, 9.17) is 9.47 Å². The summed E-state index contributed by atoms with van der Waals surface area (Å²) in [6, 6.07) is 17.0. The number of methoxy groups -OCH3 is 1. The third-order valence-corrected chi connectivity index (χ3v) is 3.82. The lowest BCUT2D eigenvalue weighted by Gasteiger charge is -2.14. The Balaban J connectivity index is 1.69. The molecule has 2 aromatic rings. The summed E-state index contributed by atoms with van der Waals surface area (Å²) in [5.74, 6) is 0.0722. The Labute approximate surface area is 148 Å². The molecule has 0 aromatic heterocycles. The van der Waals surface area contributed by atoms with E-state index in [-0.39, 0.29) is 25.0 Å². The topological polar surface area (TPSA) is 64.6 Å². The average molecular weight is 341 g/mol. The van der Waals surface area contributed by atoms with Gasteiger partial charge in [0.05, 0.1) is 13.2 Å². The van der Waals surface area contributed by atoms with E-state index in [1.54, 1.807) is 7.11 Å². The number of benzene rings is 2. The Bertz CT molecular complexity index is 683. The van der Waals surface area contributed by atoms with E-state index in [0.717, 1.165) is 16.9 Å². The number of amides is 1. The number of nitrogens with one attached hydrogen (secondary N) is 1. The number of esters is 1. The minimum atomic E-state index is -0.390. The van der Waals surface area contributed by atoms with Gasteiger partial charge in [0, 0.05) is 6.42 Å². The fourth-order valence-electron chi connectivity index (χ4n) is 2.37. The van der Waals surface area contributed by atoms with E-state index >= 15 is 0 Å². The molecule has 2 aromatic carbocycles. The lowest BCUT2D eigenvalue weighted by Crippen LogP contribution is -2.31. The van der Waals surface area contributed by atoms with Gasteiger partial charge in [0.25, 0.3) is 5.91 Å². The van der Waals surface area contributed by atoms with Crippen LogP contribution in [0.5, 0.6) is 5.75 Å². The second-order valence-electron chi connectivity index (χ2n) is 5.71. The number of hydrogen-bond acceptors (Lipinski definition) is 4. The summed E-state index contributed by atoms with van der Waals surface area (Å²) < 4.78 is 10.1. The molecule has 25 heavy (non-hydrogen) atoms. The maximum Gasteiger partial charge on any atom is 0.306 e. The van der Waals surface area contributed by atoms with Crippen LogP contribution in [0.1, 0.15) is 30.5 Å². The summed E-state index contributed by atoms with van der Waals surface area (Å²) in [6.07, 6.45) is 0.790. The Hall–Kier alpha value is -2.82. The summed E-state index contributed by atoms with van der Waals surface area (Å²) in [4.78, 5) is 23.6. The van der Waals surface area contributed by atoms with Gasteiger partial charge in [0.15, 0.2) is 6.61 Å². The van der Waals surface area contributed by atoms with E-state index in [1.165, 1.54) is 0 Å². The van der Waals surface area contributed by atoms with Gasteiger partial charge in [-0.2, -0.15) is 0 Å². The minimum Gasteiger partial charge on any atom is -0.497 e. The second-order valence-corrected chi connectivity index (χ2v) is 5.71. The van der Waals surface area contributed by atoms with Gasteiger partial charge in [-0.15, -0.1) is 0 Å². The van der Waals surface area contributed by atoms with Crippen molar-refractivity contribution >= 4 is 11.9 Å². The zero-order valence-electron chi connectivity index (χ0n) is 14.5. The monoisotopic (exact) mass is 341 g/mol. The number of carbonyl (C=O) groups excluding carboxylic acids is 2. The van der Waals surface area contributed by atoms with Crippen molar-refractivity contribution in [3.8, 4) is 5.75 Å². The van der Waals surface area contributed by atoms with Gasteiger partial charge in [-0.25, -0.2) is 0 Å². The number of aryl methyl sites for hydroxylation is 1. The molecular weight excluding hydrogens is 318 g/mol. The number of carbonyl (C=O) groups is 2. The van der Waals surface area contributed by atoms with E-state index in [9.17, 15) is 9.59 Å². The molecule has 1 N–H and O–H groups in total. The van der Waals surface area contributed by atoms with Crippen molar-refractivity contribution in [1.82, 2.24) is 5.32 Å². The Morgan fingerprint density at radius 1 is 1.04 bits per heavy atom. The smallest absolute Gasteiger partial charge is 0.306 e. The van der Waals surface area contributed by atoms with Crippen LogP contribution >= 0.6 is 0 Å². The quantitative estimate of drug-likeness (QED) is 0.750. The summed E-state index contributed by atoms with van der Waals surface area (Å²) in [7, 11) is 1.61. The van der Waals surface area contributed by atoms with Crippen LogP contribution in [0.15, 0.2) is 54.6 Å². The highest BCUT2D eigenvalue weighted by atomic mass is 16.5. The lowest BCUT2D eigenvalue weighted by molar-refractivity contribution is -0.148. The molecule has 0 bridgehead atoms. The van der Waals surface area contributed by atoms with Crippen molar-refractivity contribution in [2.45, 2.75) is 25.8 Å². The van der Waals surface area contributed by atoms with Crippen LogP contribution in [0.3, 0.4) is 0 Å². The molecule has 0 radical (unpaired) electrons. The SMILES string of the molecule is COc1ccc(CCC(=O)OCC(=O)N[C@@H](C)c2ccccc2)cc1. The Kier molecular flexibility index (Phi) is 7.01. The van der Waals surface area contributed by atoms with Crippen LogP contribution in [-0.2, 0) is 20.7 Å². The summed E-state index contributed by atoms with van der Waals surface area (Å²) in [5, 5.41) is 2.81. The zero-order chi connectivity index (χ0) is 18.1. The van der Waals surface area contributed by atoms with Gasteiger partial charge >= 0.3 is 5.97 Å². The molecule has 0 fully saturated rings. The highest BCUT2D eigenvalue weighted by Gasteiger charge is 2.11. The van der Waals surface area contributed by atoms with E-state index < -0.39 is 5.97 Å². The first-order chi connectivity index (χ1) is 12.1. The van der Waals surface area contributed by atoms with Crippen LogP contribution in [-0.4, -0.2) is 25.6 Å². The molecule has 0 aliphatic heterocycles. The molecule has 2 rings (SSSR count). The standard InChI is InChI=1S/C20H23NO4/c1-15(17-6-4-3-5-7-17)21-19(22)14-25-20(23)13-10-16-8-11-18(24-2)12-9-16/h3-9,11-12,15H,10,13-14H2,1-2H3,(H,21,22)/t15-/m0/s1. The first-order valence-corrected chi connectivity index (χ1v) is 8.21. The second kappa shape index (κ2) is 9.47. The van der Waals surface area contributed by atoms with Crippen molar-refractivity contribution in [2.75, 3.05) is 13.7 Å². The third kappa shape index (κ3) is 6.30. The number of rotatable bonds is 8. The average Bonchev–Trinajstić information content (AvgIpc) is 2.65. The van der Waals surface area contributed by atoms with Crippen LogP contribution < -0.4 is 10.1 Å². The molecule has 0 heterocycles. The highest BCUT2D eigenvalue weighted by Crippen LogP contribution is 2.13. The van der Waals surface area contributed by atoms with Crippen molar-refractivity contribution < 1.29 is 19.1 Å². The van der Waals surface area contributed by atoms with Gasteiger partial charge < -0.3 is 14.8 Å². The predicted octanol–water partition coefficient (Wildman–Crippen LogP) is 3.05. The molecular formula is C20H23NO4. The number of ether oxygens (including phenoxy) is 2. The maximum atomic E-state index is 11.9. The molecule has 0 saturated carbocycles. The molecule has 0 saturated heterocycles. The van der Waals surface area contributed by atoms with Crippen LogP contribution in [0.4, 0.5) is 0 Å². The van der Waals surface area contributed by atoms with E-state index in [1.807, 2.05) is 61.5 Å². The molecule has 0 unspecified atom stereocenters. The number of hydrogen-bond donors (Lipinski definition) is 1. The summed E-state index contributed by atoms with van der Waals surface area (Å²) in [5.41, 5.74) is 2.02. The maximum absolute atomic E-state index is 11.9. The molecule has 132 valence electrons. The van der Waals surface area contributed by atoms with E-state index in [2.05, 4.69) is 5.32 Å². The fourth-order valence-corrected chi connectivity index (χ4v) is 2.37. The molecule has 1 atom stereocenters. The van der Waals surface area contributed by atoms with Crippen molar-refractivity contribution in [3.63, 3.8) is 0 Å². The van der Waals surface area contributed by atoms with Gasteiger partial charge in [-0.05, 0) is 36.6 Å². The molecule has 5 heteroatoms. The predicted molar refractivity (Wildman–Crippen MR) is 95.3 cm³/mol. The largest absolute Gasteiger partial charge is 0.497 e. The van der Waals surface area contributed by atoms with Crippen molar-refractivity contribution in [3.05, 3.63) is 65.7 Å². The summed E-state index contributed by atoms with van der Waals surface area (Å²) >= 11 is 0. The Morgan fingerprint density at radius 3 is 2.36 bits per heavy atom. The fraction of sp³-hybridized carbons (Fsp3) is 0.300. The van der Waals surface area contributed by atoms with Gasteiger partial charge in [0.1, 0.15) is 5.75 Å². The molecule has 0 aliphatic rings. The highest BCUT2D eigenvalue weighted by molar-refractivity contribution is 5.80. The van der Waals surface area contributed by atoms with Gasteiger partial charge in [-0.3, -0.25) is 9.59 Å². The van der Waals surface area contributed by atoms with Crippen LogP contribution in [0.25, 0.3) is 0 Å². The van der Waals surface area contributed by atoms with E-state index in [0.29, 0.717) is 6.42 Å². The Morgan fingerprint density at radius 2 is 1.72 bits per heavy atom. The first-order valence-electron chi connectivity index (χ1n) is 8.21. The molecule has 0 spiro atoms. The molecule has 0 aliphatic carbocycles. The van der Waals surface area contributed by atoms with Gasteiger partial charge in [0.2, 0.25) is 0 Å². The van der Waals surface area contributed by atoms with Gasteiger partial charge in [-0.1, -0.05) is 42.5 Å². The normalized spacial score (nSPS) is 11.4. The van der Waals surface area contributed by atoms with Crippen LogP contribution in [0.2, 0.25) is 0 Å². The van der Waals surface area contributed by atoms with Crippen molar-refractivity contribution in [1.29, 1.82) is 0 Å². The lowest BCUT2D eigenvalue weighted by atomic mass is 10.1. The third-order valence-electron chi connectivity index (χ3n) is 3.82. The van der Waals surface area contributed by atoms with Crippen LogP contribution in [0, 0.1) is 0 Å². The summed E-state index contributed by atoms with van der Waals surface area (Å²) in [6.45, 7) is 1.62. The molecule has 1 amide bonds. The van der Waals surface area contributed by atoms with Crippen molar-refractivity contribution in [2.24, 2.45) is 0 Å². The molecule has 5 nitrogen and oxygen atoms in total. The first kappa shape index (κ1) is 18.5. The minimum absolute atomic E-state index is 0.133. The zero-order valence-corrected chi connectivity index (χ0v) is 14.5.